The summed E-state index contributed by atoms with van der Waals surface area (Å²) in [5, 5.41) is 0. The van der Waals surface area contributed by atoms with Crippen molar-refractivity contribution in [2.24, 2.45) is 0 Å². The van der Waals surface area contributed by atoms with E-state index in [4.69, 9.17) is 0 Å². The van der Waals surface area contributed by atoms with Crippen molar-refractivity contribution >= 4 is 10.0 Å². The number of aryl methyl sites for hydroxylation is 1. The van der Waals surface area contributed by atoms with Gasteiger partial charge in [-0.25, -0.2) is 8.42 Å². The molecule has 1 aromatic rings. The van der Waals surface area contributed by atoms with Crippen LogP contribution in [0.4, 0.5) is 0 Å². The van der Waals surface area contributed by atoms with Crippen molar-refractivity contribution in [2.45, 2.75) is 74.8 Å². The van der Waals surface area contributed by atoms with Gasteiger partial charge in [0.05, 0.1) is 4.90 Å². The first-order valence-electron chi connectivity index (χ1n) is 8.72. The molecule has 1 atom stereocenters. The number of sulfonamides is 1. The van der Waals surface area contributed by atoms with Crippen LogP contribution in [0.2, 0.25) is 0 Å². The number of benzene rings is 1. The molecule has 1 unspecified atom stereocenters. The summed E-state index contributed by atoms with van der Waals surface area (Å²) in [6.07, 6.45) is 9.98. The van der Waals surface area contributed by atoms with Gasteiger partial charge in [-0.1, -0.05) is 36.6 Å². The number of piperidine rings is 1. The zero-order valence-corrected chi connectivity index (χ0v) is 14.8. The summed E-state index contributed by atoms with van der Waals surface area (Å²) in [7, 11) is -3.46. The largest absolute Gasteiger partial charge is 0.243 e. The molecule has 2 aliphatic rings. The average Bonchev–Trinajstić information content (AvgIpc) is 2.96. The van der Waals surface area contributed by atoms with E-state index in [9.17, 15) is 8.42 Å². The maximum atomic E-state index is 13.4. The Morgan fingerprint density at radius 1 is 1.17 bits per heavy atom. The standard InChI is InChI=1S/C19H27NO2S/c1-3-7-17-8-6-15-19(13-4-5-14-19)20(17)23(21,22)18-11-9-16(2)10-12-18/h3,9-12,17H,1,4-8,13-15H2,2H3. The Balaban J connectivity index is 2.05. The highest BCUT2D eigenvalue weighted by atomic mass is 32.2. The van der Waals surface area contributed by atoms with Crippen LogP contribution in [0.3, 0.4) is 0 Å². The zero-order chi connectivity index (χ0) is 16.5. The molecule has 4 heteroatoms. The van der Waals surface area contributed by atoms with E-state index in [-0.39, 0.29) is 11.6 Å². The van der Waals surface area contributed by atoms with Gasteiger partial charge in [-0.05, 0) is 57.6 Å². The second-order valence-electron chi connectivity index (χ2n) is 7.12. The summed E-state index contributed by atoms with van der Waals surface area (Å²) in [4.78, 5) is 0.435. The highest BCUT2D eigenvalue weighted by Crippen LogP contribution is 2.47. The first-order chi connectivity index (χ1) is 11.0. The van der Waals surface area contributed by atoms with Gasteiger partial charge in [0, 0.05) is 11.6 Å². The molecule has 3 nitrogen and oxygen atoms in total. The predicted octanol–water partition coefficient (Wildman–Crippen LogP) is 4.43. The van der Waals surface area contributed by atoms with Gasteiger partial charge in [0.2, 0.25) is 10.0 Å². The molecule has 0 N–H and O–H groups in total. The summed E-state index contributed by atoms with van der Waals surface area (Å²) in [5.41, 5.74) is 0.927. The SMILES string of the molecule is C=CCC1CCCC2(CCCC2)N1S(=O)(=O)c1ccc(C)cc1. The Kier molecular flexibility index (Phi) is 4.65. The molecule has 1 aliphatic carbocycles. The summed E-state index contributed by atoms with van der Waals surface area (Å²) < 4.78 is 28.8. The number of hydrogen-bond acceptors (Lipinski definition) is 2. The molecule has 23 heavy (non-hydrogen) atoms. The Labute approximate surface area is 140 Å². The monoisotopic (exact) mass is 333 g/mol. The molecule has 126 valence electrons. The molecule has 0 amide bonds. The van der Waals surface area contributed by atoms with Gasteiger partial charge < -0.3 is 0 Å². The minimum absolute atomic E-state index is 0.0608. The quantitative estimate of drug-likeness (QED) is 0.765. The third kappa shape index (κ3) is 2.99. The smallest absolute Gasteiger partial charge is 0.207 e. The highest BCUT2D eigenvalue weighted by Gasteiger charge is 2.50. The average molecular weight is 333 g/mol. The first kappa shape index (κ1) is 16.7. The molecule has 1 saturated carbocycles. The number of hydrogen-bond donors (Lipinski definition) is 0. The summed E-state index contributed by atoms with van der Waals surface area (Å²) >= 11 is 0. The van der Waals surface area contributed by atoms with Gasteiger partial charge in [-0.2, -0.15) is 4.31 Å². The normalized spacial score (nSPS) is 24.8. The summed E-state index contributed by atoms with van der Waals surface area (Å²) in [5.74, 6) is 0. The van der Waals surface area contributed by atoms with Crippen molar-refractivity contribution in [2.75, 3.05) is 0 Å². The van der Waals surface area contributed by atoms with Gasteiger partial charge in [0.25, 0.3) is 0 Å². The van der Waals surface area contributed by atoms with E-state index >= 15 is 0 Å². The molecule has 1 saturated heterocycles. The van der Waals surface area contributed by atoms with Crippen LogP contribution < -0.4 is 0 Å². The van der Waals surface area contributed by atoms with Crippen LogP contribution in [0.1, 0.15) is 56.9 Å². The second-order valence-corrected chi connectivity index (χ2v) is 8.93. The van der Waals surface area contributed by atoms with Crippen LogP contribution in [0.5, 0.6) is 0 Å². The predicted molar refractivity (Wildman–Crippen MR) is 93.9 cm³/mol. The Morgan fingerprint density at radius 3 is 2.39 bits per heavy atom. The minimum atomic E-state index is -3.46. The molecule has 1 aromatic carbocycles. The lowest BCUT2D eigenvalue weighted by Gasteiger charge is -2.48. The third-order valence-corrected chi connectivity index (χ3v) is 7.60. The van der Waals surface area contributed by atoms with E-state index in [0.717, 1.165) is 56.9 Å². The van der Waals surface area contributed by atoms with E-state index in [2.05, 4.69) is 6.58 Å². The van der Waals surface area contributed by atoms with E-state index in [1.165, 1.54) is 0 Å². The van der Waals surface area contributed by atoms with Crippen molar-refractivity contribution in [3.8, 4) is 0 Å². The van der Waals surface area contributed by atoms with Gasteiger partial charge in [-0.3, -0.25) is 0 Å². The van der Waals surface area contributed by atoms with Gasteiger partial charge in [0.1, 0.15) is 0 Å². The molecule has 0 radical (unpaired) electrons. The molecular formula is C19H27NO2S. The number of nitrogens with zero attached hydrogens (tertiary/aromatic N) is 1. The van der Waals surface area contributed by atoms with Crippen molar-refractivity contribution < 1.29 is 8.42 Å². The fourth-order valence-corrected chi connectivity index (χ4v) is 6.54. The van der Waals surface area contributed by atoms with E-state index in [1.54, 1.807) is 12.1 Å². The zero-order valence-electron chi connectivity index (χ0n) is 14.0. The van der Waals surface area contributed by atoms with Crippen LogP contribution in [0.15, 0.2) is 41.8 Å². The first-order valence-corrected chi connectivity index (χ1v) is 10.2. The minimum Gasteiger partial charge on any atom is -0.207 e. The highest BCUT2D eigenvalue weighted by molar-refractivity contribution is 7.89. The molecule has 1 aliphatic heterocycles. The van der Waals surface area contributed by atoms with Crippen molar-refractivity contribution in [1.29, 1.82) is 0 Å². The second kappa shape index (κ2) is 6.40. The topological polar surface area (TPSA) is 37.4 Å². The molecule has 3 rings (SSSR count). The van der Waals surface area contributed by atoms with Crippen LogP contribution in [0.25, 0.3) is 0 Å². The van der Waals surface area contributed by atoms with E-state index in [0.29, 0.717) is 4.90 Å². The Hall–Kier alpha value is -1.13. The van der Waals surface area contributed by atoms with Gasteiger partial charge in [-0.15, -0.1) is 6.58 Å². The van der Waals surface area contributed by atoms with Crippen LogP contribution in [-0.2, 0) is 10.0 Å². The third-order valence-electron chi connectivity index (χ3n) is 5.53. The van der Waals surface area contributed by atoms with Crippen LogP contribution in [-0.4, -0.2) is 24.3 Å². The summed E-state index contributed by atoms with van der Waals surface area (Å²) in [6.45, 7) is 5.83. The van der Waals surface area contributed by atoms with Crippen LogP contribution >= 0.6 is 0 Å². The fourth-order valence-electron chi connectivity index (χ4n) is 4.47. The molecular weight excluding hydrogens is 306 g/mol. The van der Waals surface area contributed by atoms with E-state index < -0.39 is 10.0 Å². The Morgan fingerprint density at radius 2 is 1.78 bits per heavy atom. The number of rotatable bonds is 4. The lowest BCUT2D eigenvalue weighted by molar-refractivity contribution is 0.0863. The molecule has 0 aromatic heterocycles. The molecule has 2 fully saturated rings. The van der Waals surface area contributed by atoms with Crippen LogP contribution in [0, 0.1) is 6.92 Å². The lowest BCUT2D eigenvalue weighted by Crippen LogP contribution is -2.57. The molecule has 0 bridgehead atoms. The van der Waals surface area contributed by atoms with Crippen molar-refractivity contribution in [1.82, 2.24) is 4.31 Å². The van der Waals surface area contributed by atoms with E-state index in [1.807, 2.05) is 29.4 Å². The van der Waals surface area contributed by atoms with Gasteiger partial charge >= 0.3 is 0 Å². The van der Waals surface area contributed by atoms with Gasteiger partial charge in [0.15, 0.2) is 0 Å². The summed E-state index contributed by atoms with van der Waals surface area (Å²) in [6, 6.07) is 7.35. The van der Waals surface area contributed by atoms with Crippen molar-refractivity contribution in [3.05, 3.63) is 42.5 Å². The van der Waals surface area contributed by atoms with Crippen molar-refractivity contribution in [3.63, 3.8) is 0 Å². The lowest BCUT2D eigenvalue weighted by atomic mass is 9.83. The Bertz CT molecular complexity index is 657. The molecule has 1 spiro atoms. The maximum Gasteiger partial charge on any atom is 0.243 e. The fraction of sp³-hybridized carbons (Fsp3) is 0.579. The maximum absolute atomic E-state index is 13.4. The molecule has 1 heterocycles.